The highest BCUT2D eigenvalue weighted by atomic mass is 16.5. The SMILES string of the molecule is CCOC1(C(O)c2ccc(CC)cc2)CCCCC1. The van der Waals surface area contributed by atoms with Gasteiger partial charge in [-0.3, -0.25) is 0 Å². The van der Waals surface area contributed by atoms with Crippen molar-refractivity contribution in [3.63, 3.8) is 0 Å². The van der Waals surface area contributed by atoms with E-state index in [0.717, 1.165) is 37.7 Å². The molecule has 1 atom stereocenters. The lowest BCUT2D eigenvalue weighted by atomic mass is 9.78. The minimum Gasteiger partial charge on any atom is -0.385 e. The first-order valence-corrected chi connectivity index (χ1v) is 7.62. The molecule has 0 aromatic heterocycles. The fourth-order valence-electron chi connectivity index (χ4n) is 3.17. The van der Waals surface area contributed by atoms with E-state index >= 15 is 0 Å². The third-order valence-corrected chi connectivity index (χ3v) is 4.33. The molecule has 0 saturated heterocycles. The van der Waals surface area contributed by atoms with Gasteiger partial charge in [-0.2, -0.15) is 0 Å². The average Bonchev–Trinajstić information content (AvgIpc) is 2.48. The van der Waals surface area contributed by atoms with Crippen LogP contribution in [0.4, 0.5) is 0 Å². The lowest BCUT2D eigenvalue weighted by molar-refractivity contribution is -0.141. The Labute approximate surface area is 116 Å². The normalized spacial score (nSPS) is 20.2. The molecule has 1 aliphatic carbocycles. The summed E-state index contributed by atoms with van der Waals surface area (Å²) >= 11 is 0. The fraction of sp³-hybridized carbons (Fsp3) is 0.647. The first-order chi connectivity index (χ1) is 9.22. The van der Waals surface area contributed by atoms with Crippen molar-refractivity contribution in [2.24, 2.45) is 0 Å². The molecule has 1 N–H and O–H groups in total. The molecule has 1 aromatic carbocycles. The quantitative estimate of drug-likeness (QED) is 0.868. The number of benzene rings is 1. The van der Waals surface area contributed by atoms with Crippen LogP contribution in [-0.2, 0) is 11.2 Å². The Bertz CT molecular complexity index is 371. The van der Waals surface area contributed by atoms with Crippen molar-refractivity contribution in [3.8, 4) is 0 Å². The third kappa shape index (κ3) is 3.18. The second-order valence-corrected chi connectivity index (χ2v) is 5.56. The van der Waals surface area contributed by atoms with Crippen molar-refractivity contribution in [1.82, 2.24) is 0 Å². The third-order valence-electron chi connectivity index (χ3n) is 4.33. The standard InChI is InChI=1S/C17H26O2/c1-3-14-8-10-15(11-9-14)16(18)17(19-4-2)12-6-5-7-13-17/h8-11,16,18H,3-7,12-13H2,1-2H3. The fourth-order valence-corrected chi connectivity index (χ4v) is 3.17. The molecule has 0 radical (unpaired) electrons. The van der Waals surface area contributed by atoms with Gasteiger partial charge < -0.3 is 9.84 Å². The molecule has 0 spiro atoms. The van der Waals surface area contributed by atoms with E-state index in [4.69, 9.17) is 4.74 Å². The van der Waals surface area contributed by atoms with Crippen LogP contribution in [0, 0.1) is 0 Å². The van der Waals surface area contributed by atoms with Crippen molar-refractivity contribution >= 4 is 0 Å². The number of hydrogen-bond donors (Lipinski definition) is 1. The van der Waals surface area contributed by atoms with Crippen molar-refractivity contribution in [1.29, 1.82) is 0 Å². The zero-order valence-electron chi connectivity index (χ0n) is 12.2. The van der Waals surface area contributed by atoms with E-state index in [9.17, 15) is 5.11 Å². The van der Waals surface area contributed by atoms with Crippen LogP contribution in [0.3, 0.4) is 0 Å². The van der Waals surface area contributed by atoms with Crippen LogP contribution in [0.25, 0.3) is 0 Å². The highest BCUT2D eigenvalue weighted by Crippen LogP contribution is 2.41. The maximum atomic E-state index is 10.8. The van der Waals surface area contributed by atoms with Crippen molar-refractivity contribution in [2.75, 3.05) is 6.61 Å². The van der Waals surface area contributed by atoms with Crippen LogP contribution in [0.15, 0.2) is 24.3 Å². The van der Waals surface area contributed by atoms with E-state index in [0.29, 0.717) is 6.61 Å². The Hall–Kier alpha value is -0.860. The lowest BCUT2D eigenvalue weighted by Gasteiger charge is -2.41. The zero-order chi connectivity index (χ0) is 13.7. The predicted octanol–water partition coefficient (Wildman–Crippen LogP) is 4.02. The lowest BCUT2D eigenvalue weighted by Crippen LogP contribution is -2.41. The molecule has 0 heterocycles. The molecule has 1 aromatic rings. The van der Waals surface area contributed by atoms with Crippen LogP contribution < -0.4 is 0 Å². The van der Waals surface area contributed by atoms with Gasteiger partial charge in [-0.15, -0.1) is 0 Å². The van der Waals surface area contributed by atoms with E-state index in [1.54, 1.807) is 0 Å². The summed E-state index contributed by atoms with van der Waals surface area (Å²) in [5, 5.41) is 10.8. The molecule has 1 unspecified atom stereocenters. The minimum atomic E-state index is -0.501. The first-order valence-electron chi connectivity index (χ1n) is 7.62. The summed E-state index contributed by atoms with van der Waals surface area (Å²) in [5.41, 5.74) is 1.94. The van der Waals surface area contributed by atoms with Gasteiger partial charge in [0.1, 0.15) is 6.10 Å². The number of aryl methyl sites for hydroxylation is 1. The number of hydrogen-bond acceptors (Lipinski definition) is 2. The summed E-state index contributed by atoms with van der Waals surface area (Å²) in [6.45, 7) is 4.83. The predicted molar refractivity (Wildman–Crippen MR) is 78.2 cm³/mol. The van der Waals surface area contributed by atoms with Gasteiger partial charge in [0.15, 0.2) is 0 Å². The molecule has 0 aliphatic heterocycles. The molecule has 1 aliphatic rings. The molecule has 1 saturated carbocycles. The van der Waals surface area contributed by atoms with Crippen molar-refractivity contribution < 1.29 is 9.84 Å². The Morgan fingerprint density at radius 2 is 1.74 bits per heavy atom. The van der Waals surface area contributed by atoms with Gasteiger partial charge in [0.2, 0.25) is 0 Å². The van der Waals surface area contributed by atoms with Crippen LogP contribution >= 0.6 is 0 Å². The summed E-state index contributed by atoms with van der Waals surface area (Å²) in [7, 11) is 0. The van der Waals surface area contributed by atoms with Crippen LogP contribution in [0.5, 0.6) is 0 Å². The molecular weight excluding hydrogens is 236 g/mol. The molecule has 19 heavy (non-hydrogen) atoms. The van der Waals surface area contributed by atoms with E-state index in [1.165, 1.54) is 12.0 Å². The number of rotatable bonds is 5. The van der Waals surface area contributed by atoms with Crippen LogP contribution in [0.2, 0.25) is 0 Å². The summed E-state index contributed by atoms with van der Waals surface area (Å²) in [6.07, 6.45) is 6.05. The van der Waals surface area contributed by atoms with Gasteiger partial charge >= 0.3 is 0 Å². The Morgan fingerprint density at radius 3 is 2.26 bits per heavy atom. The number of ether oxygens (including phenoxy) is 1. The first kappa shape index (κ1) is 14.5. The second-order valence-electron chi connectivity index (χ2n) is 5.56. The molecular formula is C17H26O2. The molecule has 0 bridgehead atoms. The van der Waals surface area contributed by atoms with Crippen molar-refractivity contribution in [2.45, 2.75) is 64.1 Å². The second kappa shape index (κ2) is 6.53. The highest BCUT2D eigenvalue weighted by Gasteiger charge is 2.40. The largest absolute Gasteiger partial charge is 0.385 e. The van der Waals surface area contributed by atoms with E-state index in [1.807, 2.05) is 6.92 Å². The average molecular weight is 262 g/mol. The van der Waals surface area contributed by atoms with E-state index in [-0.39, 0.29) is 5.60 Å². The summed E-state index contributed by atoms with van der Waals surface area (Å²) in [6, 6.07) is 8.33. The van der Waals surface area contributed by atoms with Crippen molar-refractivity contribution in [3.05, 3.63) is 35.4 Å². The smallest absolute Gasteiger partial charge is 0.108 e. The van der Waals surface area contributed by atoms with E-state index < -0.39 is 6.10 Å². The molecule has 0 amide bonds. The Morgan fingerprint density at radius 1 is 1.11 bits per heavy atom. The maximum absolute atomic E-state index is 10.8. The monoisotopic (exact) mass is 262 g/mol. The van der Waals surface area contributed by atoms with Crippen LogP contribution in [0.1, 0.15) is 63.2 Å². The molecule has 1 fully saturated rings. The van der Waals surface area contributed by atoms with Gasteiger partial charge in [-0.05, 0) is 37.3 Å². The number of aliphatic hydroxyl groups is 1. The summed E-state index contributed by atoms with van der Waals surface area (Å²) in [5.74, 6) is 0. The minimum absolute atomic E-state index is 0.360. The number of aliphatic hydroxyl groups excluding tert-OH is 1. The zero-order valence-corrected chi connectivity index (χ0v) is 12.2. The molecule has 106 valence electrons. The van der Waals surface area contributed by atoms with Crippen LogP contribution in [-0.4, -0.2) is 17.3 Å². The van der Waals surface area contributed by atoms with Gasteiger partial charge in [0.05, 0.1) is 5.60 Å². The summed E-state index contributed by atoms with van der Waals surface area (Å²) in [4.78, 5) is 0. The molecule has 2 rings (SSSR count). The topological polar surface area (TPSA) is 29.5 Å². The van der Waals surface area contributed by atoms with Gasteiger partial charge in [0.25, 0.3) is 0 Å². The maximum Gasteiger partial charge on any atom is 0.108 e. The van der Waals surface area contributed by atoms with Gasteiger partial charge in [0, 0.05) is 6.61 Å². The summed E-state index contributed by atoms with van der Waals surface area (Å²) < 4.78 is 5.99. The van der Waals surface area contributed by atoms with E-state index in [2.05, 4.69) is 31.2 Å². The highest BCUT2D eigenvalue weighted by molar-refractivity contribution is 5.26. The Balaban J connectivity index is 2.19. The molecule has 2 nitrogen and oxygen atoms in total. The van der Waals surface area contributed by atoms with Gasteiger partial charge in [-0.1, -0.05) is 50.5 Å². The molecule has 2 heteroatoms. The van der Waals surface area contributed by atoms with Gasteiger partial charge in [-0.25, -0.2) is 0 Å². The Kier molecular flexibility index (Phi) is 5.00.